The highest BCUT2D eigenvalue weighted by molar-refractivity contribution is 6.38. The fraction of sp³-hybridized carbons (Fsp3) is 0.256. The molecular formula is C43H39Cl3N4O7. The molecule has 4 aromatic carbocycles. The summed E-state index contributed by atoms with van der Waals surface area (Å²) in [6, 6.07) is 29.3. The first-order valence-electron chi connectivity index (χ1n) is 18.0. The molecule has 0 saturated heterocycles. The zero-order valence-electron chi connectivity index (χ0n) is 30.7. The van der Waals surface area contributed by atoms with Crippen LogP contribution in [0.5, 0.6) is 17.5 Å². The fourth-order valence-corrected chi connectivity index (χ4v) is 6.82. The van der Waals surface area contributed by atoms with Gasteiger partial charge in [-0.3, -0.25) is 4.79 Å². The number of hydrogen-bond acceptors (Lipinski definition) is 10. The summed E-state index contributed by atoms with van der Waals surface area (Å²) in [5.74, 6) is -0.131. The maximum atomic E-state index is 11.0. The second kappa shape index (κ2) is 21.2. The van der Waals surface area contributed by atoms with Crippen molar-refractivity contribution in [2.45, 2.75) is 45.0 Å². The van der Waals surface area contributed by atoms with E-state index in [1.165, 1.54) is 6.07 Å². The van der Waals surface area contributed by atoms with Gasteiger partial charge in [0.25, 0.3) is 0 Å². The first-order chi connectivity index (χ1) is 27.6. The van der Waals surface area contributed by atoms with Gasteiger partial charge in [0.15, 0.2) is 0 Å². The quantitative estimate of drug-likeness (QED) is 0.0554. The second-order valence-corrected chi connectivity index (χ2v) is 14.1. The van der Waals surface area contributed by atoms with E-state index in [0.717, 1.165) is 16.7 Å². The number of aliphatic hydroxyl groups excluding tert-OH is 2. The number of carboxylic acid groups (broad SMARTS) is 1. The van der Waals surface area contributed by atoms with E-state index >= 15 is 0 Å². The molecule has 294 valence electrons. The van der Waals surface area contributed by atoms with E-state index in [-0.39, 0.29) is 49.4 Å². The second-order valence-electron chi connectivity index (χ2n) is 12.9. The molecular weight excluding hydrogens is 791 g/mol. The van der Waals surface area contributed by atoms with E-state index in [9.17, 15) is 20.4 Å². The van der Waals surface area contributed by atoms with Crippen LogP contribution >= 0.6 is 34.8 Å². The first-order valence-corrected chi connectivity index (χ1v) is 19.1. The van der Waals surface area contributed by atoms with Gasteiger partial charge in [0.05, 0.1) is 52.4 Å². The number of ether oxygens (including phenoxy) is 3. The molecule has 14 heteroatoms. The number of aliphatic hydroxyl groups is 2. The predicted molar refractivity (Wildman–Crippen MR) is 218 cm³/mol. The van der Waals surface area contributed by atoms with Gasteiger partial charge in [0.2, 0.25) is 11.8 Å². The maximum Gasteiger partial charge on any atom is 0.305 e. The number of carboxylic acids is 1. The predicted octanol–water partition coefficient (Wildman–Crippen LogP) is 8.40. The number of nitrogens with one attached hydrogen (secondary N) is 1. The highest BCUT2D eigenvalue weighted by Gasteiger charge is 2.19. The summed E-state index contributed by atoms with van der Waals surface area (Å²) in [6.07, 6.45) is -0.384. The molecule has 0 bridgehead atoms. The SMILES string of the molecule is N#Cc1cc(C#N)cc(COc2nc(OCc3cccc(-c4cccc(-c5ccc(OCCNCCO)cc5)c4Cl)c3Cl)c(Cl)cc2CCC[C@@H](O)CC(=O)O)c1. The number of halogens is 3. The zero-order valence-corrected chi connectivity index (χ0v) is 32.9. The van der Waals surface area contributed by atoms with Crippen LogP contribution in [0, 0.1) is 22.7 Å². The highest BCUT2D eigenvalue weighted by Crippen LogP contribution is 2.41. The Labute approximate surface area is 345 Å². The normalized spacial score (nSPS) is 11.4. The van der Waals surface area contributed by atoms with E-state index < -0.39 is 12.1 Å². The van der Waals surface area contributed by atoms with E-state index in [4.69, 9.17) is 59.2 Å². The summed E-state index contributed by atoms with van der Waals surface area (Å²) in [7, 11) is 0. The van der Waals surface area contributed by atoms with Gasteiger partial charge in [-0.05, 0) is 66.8 Å². The topological polar surface area (TPSA) is 178 Å². The molecule has 11 nitrogen and oxygen atoms in total. The number of pyridine rings is 1. The standard InChI is InChI=1S/C43H39Cl3N4O7/c44-38-21-31(4-1-6-33(52)22-39(53)54)42(56-25-29-19-27(23-47)18-28(20-29)24-48)50-43(38)57-26-32-5-2-8-36(40(32)45)37-9-3-7-35(41(37)46)30-10-12-34(13-11-30)55-17-15-49-14-16-51/h2-3,5,7-13,18-21,33,49,51-52H,1,4,6,14-17,22,25-26H2,(H,53,54)/t33-/m1/s1. The van der Waals surface area contributed by atoms with Crippen molar-refractivity contribution in [3.63, 3.8) is 0 Å². The van der Waals surface area contributed by atoms with Crippen molar-refractivity contribution in [2.24, 2.45) is 0 Å². The van der Waals surface area contributed by atoms with Crippen LogP contribution in [0.3, 0.4) is 0 Å². The number of aliphatic carboxylic acids is 1. The number of carbonyl (C=O) groups is 1. The summed E-state index contributed by atoms with van der Waals surface area (Å²) in [4.78, 5) is 15.6. The van der Waals surface area contributed by atoms with E-state index in [0.29, 0.717) is 81.7 Å². The number of benzene rings is 4. The summed E-state index contributed by atoms with van der Waals surface area (Å²) in [5, 5.41) is 51.0. The molecule has 1 atom stereocenters. The van der Waals surface area contributed by atoms with Crippen LogP contribution < -0.4 is 19.5 Å². The van der Waals surface area contributed by atoms with Gasteiger partial charge in [-0.15, -0.1) is 0 Å². The Hall–Kier alpha value is -5.37. The van der Waals surface area contributed by atoms with Gasteiger partial charge in [-0.1, -0.05) is 83.3 Å². The van der Waals surface area contributed by atoms with Crippen LogP contribution in [0.25, 0.3) is 22.3 Å². The van der Waals surface area contributed by atoms with Crippen molar-refractivity contribution in [1.29, 1.82) is 10.5 Å². The van der Waals surface area contributed by atoms with Gasteiger partial charge in [0.1, 0.15) is 30.6 Å². The molecule has 0 amide bonds. The Morgan fingerprint density at radius 2 is 1.46 bits per heavy atom. The third-order valence-corrected chi connectivity index (χ3v) is 9.86. The van der Waals surface area contributed by atoms with E-state index in [2.05, 4.69) is 10.3 Å². The fourth-order valence-electron chi connectivity index (χ4n) is 5.97. The van der Waals surface area contributed by atoms with E-state index in [1.54, 1.807) is 18.2 Å². The number of rotatable bonds is 20. The van der Waals surface area contributed by atoms with Crippen molar-refractivity contribution in [2.75, 3.05) is 26.3 Å². The molecule has 0 aliphatic carbocycles. The van der Waals surface area contributed by atoms with Crippen molar-refractivity contribution in [1.82, 2.24) is 10.3 Å². The largest absolute Gasteiger partial charge is 0.492 e. The van der Waals surface area contributed by atoms with Gasteiger partial charge < -0.3 is 34.8 Å². The van der Waals surface area contributed by atoms with E-state index in [1.807, 2.05) is 72.8 Å². The minimum absolute atomic E-state index is 0.0103. The molecule has 0 unspecified atom stereocenters. The van der Waals surface area contributed by atoms with Crippen LogP contribution in [0.4, 0.5) is 0 Å². The Morgan fingerprint density at radius 3 is 2.14 bits per heavy atom. The lowest BCUT2D eigenvalue weighted by Crippen LogP contribution is -2.23. The molecule has 0 aliphatic heterocycles. The average Bonchev–Trinajstić information content (AvgIpc) is 3.20. The molecule has 0 fully saturated rings. The zero-order chi connectivity index (χ0) is 40.7. The minimum atomic E-state index is -1.09. The molecule has 0 spiro atoms. The van der Waals surface area contributed by atoms with Crippen LogP contribution in [0.15, 0.2) is 84.9 Å². The monoisotopic (exact) mass is 828 g/mol. The lowest BCUT2D eigenvalue weighted by molar-refractivity contribution is -0.139. The Bertz CT molecular complexity index is 2230. The van der Waals surface area contributed by atoms with Crippen LogP contribution in [-0.2, 0) is 24.4 Å². The number of aromatic nitrogens is 1. The number of hydrogen-bond donors (Lipinski definition) is 4. The third kappa shape index (κ3) is 12.1. The first kappa shape index (κ1) is 42.8. The summed E-state index contributed by atoms with van der Waals surface area (Å²) >= 11 is 20.7. The summed E-state index contributed by atoms with van der Waals surface area (Å²) in [5.41, 5.74) is 5.54. The van der Waals surface area contributed by atoms with Crippen molar-refractivity contribution in [3.05, 3.63) is 128 Å². The molecule has 0 saturated carbocycles. The number of aryl methyl sites for hydroxylation is 1. The molecule has 5 aromatic rings. The minimum Gasteiger partial charge on any atom is -0.492 e. The van der Waals surface area contributed by atoms with Crippen molar-refractivity contribution in [3.8, 4) is 51.9 Å². The Kier molecular flexibility index (Phi) is 15.9. The summed E-state index contributed by atoms with van der Waals surface area (Å²) < 4.78 is 18.0. The molecule has 57 heavy (non-hydrogen) atoms. The maximum absolute atomic E-state index is 11.0. The smallest absolute Gasteiger partial charge is 0.305 e. The number of nitriles is 2. The van der Waals surface area contributed by atoms with Gasteiger partial charge in [-0.25, -0.2) is 0 Å². The van der Waals surface area contributed by atoms with Crippen LogP contribution in [-0.4, -0.2) is 58.7 Å². The van der Waals surface area contributed by atoms with Crippen molar-refractivity contribution < 1.29 is 34.3 Å². The van der Waals surface area contributed by atoms with Gasteiger partial charge >= 0.3 is 5.97 Å². The Morgan fingerprint density at radius 1 is 0.789 bits per heavy atom. The van der Waals surface area contributed by atoms with Gasteiger partial charge in [0, 0.05) is 40.9 Å². The molecule has 1 aromatic heterocycles. The Balaban J connectivity index is 1.34. The van der Waals surface area contributed by atoms with Crippen molar-refractivity contribution >= 4 is 40.8 Å². The van der Waals surface area contributed by atoms with Crippen LogP contribution in [0.2, 0.25) is 15.1 Å². The van der Waals surface area contributed by atoms with Crippen LogP contribution in [0.1, 0.15) is 47.1 Å². The molecule has 1 heterocycles. The molecule has 5 rings (SSSR count). The van der Waals surface area contributed by atoms with Gasteiger partial charge in [-0.2, -0.15) is 15.5 Å². The summed E-state index contributed by atoms with van der Waals surface area (Å²) in [6.45, 7) is 1.62. The average molecular weight is 830 g/mol. The lowest BCUT2D eigenvalue weighted by atomic mass is 9.97. The molecule has 0 aliphatic rings. The molecule has 0 radical (unpaired) electrons. The highest BCUT2D eigenvalue weighted by atomic mass is 35.5. The lowest BCUT2D eigenvalue weighted by Gasteiger charge is -2.16. The number of nitrogens with zero attached hydrogens (tertiary/aromatic N) is 3. The third-order valence-electron chi connectivity index (χ3n) is 8.74. The molecule has 4 N–H and O–H groups in total.